The van der Waals surface area contributed by atoms with E-state index in [1.54, 1.807) is 6.26 Å². The van der Waals surface area contributed by atoms with Gasteiger partial charge in [0.05, 0.1) is 6.26 Å². The second-order valence-corrected chi connectivity index (χ2v) is 3.82. The van der Waals surface area contributed by atoms with Crippen molar-refractivity contribution in [3.63, 3.8) is 0 Å². The van der Waals surface area contributed by atoms with Crippen LogP contribution in [-0.2, 0) is 0 Å². The van der Waals surface area contributed by atoms with E-state index < -0.39 is 0 Å². The molecule has 1 atom stereocenters. The molecule has 1 aliphatic heterocycles. The van der Waals surface area contributed by atoms with Crippen molar-refractivity contribution in [3.05, 3.63) is 23.0 Å². The molecule has 68 valence electrons. The molecule has 1 aliphatic carbocycles. The van der Waals surface area contributed by atoms with Gasteiger partial charge >= 0.3 is 0 Å². The lowest BCUT2D eigenvalue weighted by Crippen LogP contribution is -2.39. The van der Waals surface area contributed by atoms with Crippen LogP contribution in [0, 0.1) is 5.92 Å². The second-order valence-electron chi connectivity index (χ2n) is 3.82. The molecule has 1 saturated heterocycles. The van der Waals surface area contributed by atoms with E-state index in [0.29, 0.717) is 0 Å². The van der Waals surface area contributed by atoms with E-state index in [4.69, 9.17) is 4.42 Å². The molecule has 1 aromatic heterocycles. The van der Waals surface area contributed by atoms with Crippen molar-refractivity contribution in [2.45, 2.75) is 19.3 Å². The molecule has 1 aromatic rings. The molecule has 2 heteroatoms. The van der Waals surface area contributed by atoms with Gasteiger partial charge in [-0.1, -0.05) is 0 Å². The molecule has 2 nitrogen and oxygen atoms in total. The first kappa shape index (κ1) is 7.25. The zero-order chi connectivity index (χ0) is 8.67. The van der Waals surface area contributed by atoms with Gasteiger partial charge in [0.2, 0.25) is 0 Å². The minimum absolute atomic E-state index is 0.721. The van der Waals surface area contributed by atoms with Gasteiger partial charge in [0.25, 0.3) is 0 Å². The van der Waals surface area contributed by atoms with Crippen LogP contribution < -0.4 is 16.0 Å². The van der Waals surface area contributed by atoms with Gasteiger partial charge in [-0.25, -0.2) is 0 Å². The van der Waals surface area contributed by atoms with E-state index in [1.807, 2.05) is 0 Å². The molecule has 1 N–H and O–H groups in total. The summed E-state index contributed by atoms with van der Waals surface area (Å²) in [5.41, 5.74) is 2.47. The Bertz CT molecular complexity index is 429. The van der Waals surface area contributed by atoms with Crippen LogP contribution in [0.15, 0.2) is 16.7 Å². The number of rotatable bonds is 0. The molecule has 0 aromatic carbocycles. The molecule has 0 amide bonds. The highest BCUT2D eigenvalue weighted by atomic mass is 16.3. The van der Waals surface area contributed by atoms with E-state index in [9.17, 15) is 0 Å². The molecule has 1 fully saturated rings. The van der Waals surface area contributed by atoms with Gasteiger partial charge in [0.1, 0.15) is 5.42 Å². The van der Waals surface area contributed by atoms with Gasteiger partial charge in [-0.15, -0.1) is 0 Å². The van der Waals surface area contributed by atoms with Crippen molar-refractivity contribution >= 4 is 11.8 Å². The van der Waals surface area contributed by atoms with Crippen LogP contribution >= 0.6 is 0 Å². The fourth-order valence-electron chi connectivity index (χ4n) is 2.36. The van der Waals surface area contributed by atoms with Gasteiger partial charge in [0, 0.05) is 23.4 Å². The summed E-state index contributed by atoms with van der Waals surface area (Å²) in [6, 6.07) is 2.08. The van der Waals surface area contributed by atoms with Crippen molar-refractivity contribution in [2.24, 2.45) is 5.92 Å². The van der Waals surface area contributed by atoms with Crippen molar-refractivity contribution in [1.82, 2.24) is 5.32 Å². The average Bonchev–Trinajstić information content (AvgIpc) is 2.65. The molecule has 2 heterocycles. The van der Waals surface area contributed by atoms with E-state index in [2.05, 4.69) is 17.5 Å². The largest absolute Gasteiger partial charge is 0.465 e. The lowest BCUT2D eigenvalue weighted by molar-refractivity contribution is 0.484. The van der Waals surface area contributed by atoms with Gasteiger partial charge < -0.3 is 9.73 Å². The fourth-order valence-corrected chi connectivity index (χ4v) is 2.36. The summed E-state index contributed by atoms with van der Waals surface area (Å²) in [5.74, 6) is 0.721. The van der Waals surface area contributed by atoms with Gasteiger partial charge in [0.15, 0.2) is 0 Å². The Kier molecular flexibility index (Phi) is 1.48. The number of nitrogens with one attached hydrogen (secondary N) is 1. The first-order valence-electron chi connectivity index (χ1n) is 4.97. The third-order valence-electron chi connectivity index (χ3n) is 3.03. The third-order valence-corrected chi connectivity index (χ3v) is 3.03. The number of fused-ring (bicyclic) bond motifs is 2. The molecule has 3 rings (SSSR count). The standard InChI is InChI=1S/C11H13NO/c1-2-8-3-4-10-9(5-7-13-10)11(8)12-6-1/h4-5,7-8,12H,1-3,6H2. The summed E-state index contributed by atoms with van der Waals surface area (Å²) < 4.78 is 5.39. The first-order chi connectivity index (χ1) is 6.45. The number of hydrogen-bond donors (Lipinski definition) is 1. The molecule has 1 unspecified atom stereocenters. The molecular weight excluding hydrogens is 162 g/mol. The van der Waals surface area contributed by atoms with Crippen molar-refractivity contribution in [2.75, 3.05) is 6.54 Å². The van der Waals surface area contributed by atoms with Crippen molar-refractivity contribution in [1.29, 1.82) is 0 Å². The number of furan rings is 1. The van der Waals surface area contributed by atoms with E-state index >= 15 is 0 Å². The fraction of sp³-hybridized carbons (Fsp3) is 0.455. The Morgan fingerprint density at radius 2 is 2.46 bits per heavy atom. The highest BCUT2D eigenvalue weighted by Crippen LogP contribution is 2.24. The summed E-state index contributed by atoms with van der Waals surface area (Å²) in [6.07, 6.45) is 7.77. The van der Waals surface area contributed by atoms with E-state index in [1.165, 1.54) is 23.8 Å². The maximum atomic E-state index is 5.39. The van der Waals surface area contributed by atoms with Crippen molar-refractivity contribution in [3.8, 4) is 0 Å². The van der Waals surface area contributed by atoms with E-state index in [0.717, 1.165) is 24.3 Å². The maximum Gasteiger partial charge on any atom is 0.131 e. The van der Waals surface area contributed by atoms with Gasteiger partial charge in [-0.05, 0) is 31.4 Å². The maximum absolute atomic E-state index is 5.39. The second kappa shape index (κ2) is 2.66. The predicted octanol–water partition coefficient (Wildman–Crippen LogP) is 0.572. The Hall–Kier alpha value is -1.18. The third kappa shape index (κ3) is 1.01. The molecule has 0 spiro atoms. The molecule has 2 aliphatic rings. The molecule has 0 saturated carbocycles. The van der Waals surface area contributed by atoms with Crippen LogP contribution in [0.4, 0.5) is 0 Å². The zero-order valence-corrected chi connectivity index (χ0v) is 7.55. The van der Waals surface area contributed by atoms with Crippen LogP contribution in [0.3, 0.4) is 0 Å². The topological polar surface area (TPSA) is 25.2 Å². The molecule has 0 radical (unpaired) electrons. The van der Waals surface area contributed by atoms with Gasteiger partial charge in [-0.3, -0.25) is 0 Å². The minimum atomic E-state index is 0.721. The Labute approximate surface area is 76.9 Å². The SMILES string of the molecule is C1=c2occc2=C2NCCCC2C1. The monoisotopic (exact) mass is 175 g/mol. The molecular formula is C11H13NO. The van der Waals surface area contributed by atoms with Gasteiger partial charge in [-0.2, -0.15) is 0 Å². The quantitative estimate of drug-likeness (QED) is 0.623. The predicted molar refractivity (Wildman–Crippen MR) is 51.2 cm³/mol. The highest BCUT2D eigenvalue weighted by Gasteiger charge is 2.21. The van der Waals surface area contributed by atoms with Crippen molar-refractivity contribution < 1.29 is 4.42 Å². The summed E-state index contributed by atoms with van der Waals surface area (Å²) in [4.78, 5) is 0. The average molecular weight is 175 g/mol. The zero-order valence-electron chi connectivity index (χ0n) is 7.55. The van der Waals surface area contributed by atoms with E-state index in [-0.39, 0.29) is 0 Å². The van der Waals surface area contributed by atoms with Crippen LogP contribution in [0.5, 0.6) is 0 Å². The Morgan fingerprint density at radius 1 is 1.46 bits per heavy atom. The molecule has 0 bridgehead atoms. The summed E-state index contributed by atoms with van der Waals surface area (Å²) in [5, 5.41) is 4.79. The minimum Gasteiger partial charge on any atom is -0.465 e. The molecule has 13 heavy (non-hydrogen) atoms. The summed E-state index contributed by atoms with van der Waals surface area (Å²) >= 11 is 0. The van der Waals surface area contributed by atoms with Crippen LogP contribution in [-0.4, -0.2) is 6.54 Å². The number of piperidine rings is 1. The number of hydrogen-bond acceptors (Lipinski definition) is 2. The van der Waals surface area contributed by atoms with Crippen LogP contribution in [0.25, 0.3) is 11.8 Å². The Morgan fingerprint density at radius 3 is 3.46 bits per heavy atom. The van der Waals surface area contributed by atoms with Crippen LogP contribution in [0.1, 0.15) is 19.3 Å². The first-order valence-corrected chi connectivity index (χ1v) is 4.97. The summed E-state index contributed by atoms with van der Waals surface area (Å²) in [6.45, 7) is 1.12. The Balaban J connectivity index is 2.26. The van der Waals surface area contributed by atoms with Crippen LogP contribution in [0.2, 0.25) is 0 Å². The lowest BCUT2D eigenvalue weighted by atomic mass is 9.89. The smallest absolute Gasteiger partial charge is 0.131 e. The lowest BCUT2D eigenvalue weighted by Gasteiger charge is -2.27. The normalized spacial score (nSPS) is 25.5. The highest BCUT2D eigenvalue weighted by molar-refractivity contribution is 5.51. The summed E-state index contributed by atoms with van der Waals surface area (Å²) in [7, 11) is 0.